The van der Waals surface area contributed by atoms with Gasteiger partial charge in [-0.05, 0) is 43.5 Å². The molecular weight excluding hydrogens is 302 g/mol. The SMILES string of the molecule is COc1ccc(CCC(C)NC(=O)c2n[nH]c3ccccc23)cc1. The summed E-state index contributed by atoms with van der Waals surface area (Å²) in [5.41, 5.74) is 2.54. The van der Waals surface area contributed by atoms with E-state index in [4.69, 9.17) is 4.74 Å². The van der Waals surface area contributed by atoms with Crippen LogP contribution in [0, 0.1) is 0 Å². The monoisotopic (exact) mass is 323 g/mol. The number of nitrogens with one attached hydrogen (secondary N) is 2. The van der Waals surface area contributed by atoms with E-state index in [1.807, 2.05) is 43.3 Å². The van der Waals surface area contributed by atoms with Crippen molar-refractivity contribution in [2.24, 2.45) is 0 Å². The van der Waals surface area contributed by atoms with Crippen LogP contribution in [-0.4, -0.2) is 29.3 Å². The van der Waals surface area contributed by atoms with Gasteiger partial charge in [-0.3, -0.25) is 9.89 Å². The number of rotatable bonds is 6. The highest BCUT2D eigenvalue weighted by molar-refractivity contribution is 6.04. The lowest BCUT2D eigenvalue weighted by Crippen LogP contribution is -2.33. The van der Waals surface area contributed by atoms with Crippen molar-refractivity contribution in [3.63, 3.8) is 0 Å². The highest BCUT2D eigenvalue weighted by Crippen LogP contribution is 2.16. The Labute approximate surface area is 141 Å². The van der Waals surface area contributed by atoms with Crippen molar-refractivity contribution in [3.05, 3.63) is 59.8 Å². The van der Waals surface area contributed by atoms with Gasteiger partial charge in [-0.15, -0.1) is 0 Å². The van der Waals surface area contributed by atoms with Gasteiger partial charge < -0.3 is 10.1 Å². The summed E-state index contributed by atoms with van der Waals surface area (Å²) in [6.45, 7) is 2.01. The zero-order chi connectivity index (χ0) is 16.9. The van der Waals surface area contributed by atoms with Gasteiger partial charge in [0.1, 0.15) is 5.75 Å². The minimum absolute atomic E-state index is 0.0649. The van der Waals surface area contributed by atoms with Crippen molar-refractivity contribution in [2.75, 3.05) is 7.11 Å². The molecule has 1 aromatic heterocycles. The molecule has 0 aliphatic heterocycles. The minimum Gasteiger partial charge on any atom is -0.497 e. The fraction of sp³-hybridized carbons (Fsp3) is 0.263. The molecular formula is C19H21N3O2. The van der Waals surface area contributed by atoms with Gasteiger partial charge in [-0.2, -0.15) is 5.10 Å². The van der Waals surface area contributed by atoms with Gasteiger partial charge in [0.15, 0.2) is 5.69 Å². The van der Waals surface area contributed by atoms with Gasteiger partial charge >= 0.3 is 0 Å². The van der Waals surface area contributed by atoms with E-state index >= 15 is 0 Å². The Morgan fingerprint density at radius 2 is 1.96 bits per heavy atom. The first kappa shape index (κ1) is 16.1. The number of aryl methyl sites for hydroxylation is 1. The summed E-state index contributed by atoms with van der Waals surface area (Å²) >= 11 is 0. The molecule has 0 saturated heterocycles. The lowest BCUT2D eigenvalue weighted by atomic mass is 10.1. The molecule has 5 heteroatoms. The van der Waals surface area contributed by atoms with E-state index in [0.29, 0.717) is 5.69 Å². The molecule has 2 N–H and O–H groups in total. The van der Waals surface area contributed by atoms with Crippen LogP contribution in [0.4, 0.5) is 0 Å². The Bertz CT molecular complexity index is 824. The predicted molar refractivity (Wildman–Crippen MR) is 94.3 cm³/mol. The number of ether oxygens (including phenoxy) is 1. The molecule has 2 aromatic carbocycles. The Hall–Kier alpha value is -2.82. The van der Waals surface area contributed by atoms with E-state index in [0.717, 1.165) is 29.5 Å². The number of benzene rings is 2. The molecule has 124 valence electrons. The number of para-hydroxylation sites is 1. The van der Waals surface area contributed by atoms with E-state index in [1.165, 1.54) is 5.56 Å². The first-order valence-corrected chi connectivity index (χ1v) is 8.04. The van der Waals surface area contributed by atoms with Crippen LogP contribution in [0.5, 0.6) is 5.75 Å². The molecule has 0 aliphatic carbocycles. The number of aromatic amines is 1. The number of amides is 1. The molecule has 0 aliphatic rings. The largest absolute Gasteiger partial charge is 0.497 e. The van der Waals surface area contributed by atoms with E-state index in [-0.39, 0.29) is 11.9 Å². The molecule has 24 heavy (non-hydrogen) atoms. The fourth-order valence-corrected chi connectivity index (χ4v) is 2.68. The molecule has 1 amide bonds. The van der Waals surface area contributed by atoms with Gasteiger partial charge in [0.05, 0.1) is 12.6 Å². The molecule has 5 nitrogen and oxygen atoms in total. The third kappa shape index (κ3) is 3.56. The Morgan fingerprint density at radius 3 is 2.71 bits per heavy atom. The van der Waals surface area contributed by atoms with E-state index in [2.05, 4.69) is 27.6 Å². The number of nitrogens with zero attached hydrogens (tertiary/aromatic N) is 1. The summed E-state index contributed by atoms with van der Waals surface area (Å²) in [7, 11) is 1.66. The third-order valence-corrected chi connectivity index (χ3v) is 4.09. The highest BCUT2D eigenvalue weighted by Gasteiger charge is 2.15. The molecule has 0 radical (unpaired) electrons. The summed E-state index contributed by atoms with van der Waals surface area (Å²) in [6.07, 6.45) is 1.76. The van der Waals surface area contributed by atoms with Gasteiger partial charge in [-0.1, -0.05) is 30.3 Å². The zero-order valence-corrected chi connectivity index (χ0v) is 13.9. The second kappa shape index (κ2) is 7.17. The molecule has 0 fully saturated rings. The van der Waals surface area contributed by atoms with Crippen molar-refractivity contribution < 1.29 is 9.53 Å². The number of carbonyl (C=O) groups excluding carboxylic acids is 1. The fourth-order valence-electron chi connectivity index (χ4n) is 2.68. The average Bonchev–Trinajstić information content (AvgIpc) is 3.04. The van der Waals surface area contributed by atoms with Crippen molar-refractivity contribution in [1.82, 2.24) is 15.5 Å². The zero-order valence-electron chi connectivity index (χ0n) is 13.9. The van der Waals surface area contributed by atoms with Gasteiger partial charge in [-0.25, -0.2) is 0 Å². The number of H-pyrrole nitrogens is 1. The highest BCUT2D eigenvalue weighted by atomic mass is 16.5. The van der Waals surface area contributed by atoms with Gasteiger partial charge in [0.2, 0.25) is 0 Å². The van der Waals surface area contributed by atoms with Crippen LogP contribution in [0.3, 0.4) is 0 Å². The van der Waals surface area contributed by atoms with Crippen LogP contribution in [0.15, 0.2) is 48.5 Å². The smallest absolute Gasteiger partial charge is 0.272 e. The number of aromatic nitrogens is 2. The van der Waals surface area contributed by atoms with Crippen molar-refractivity contribution >= 4 is 16.8 Å². The van der Waals surface area contributed by atoms with E-state index < -0.39 is 0 Å². The Kier molecular flexibility index (Phi) is 4.79. The van der Waals surface area contributed by atoms with Crippen molar-refractivity contribution in [1.29, 1.82) is 0 Å². The standard InChI is InChI=1S/C19H21N3O2/c1-13(7-8-14-9-11-15(24-2)12-10-14)20-19(23)18-16-5-3-4-6-17(16)21-22-18/h3-6,9-13H,7-8H2,1-2H3,(H,20,23)(H,21,22). The van der Waals surface area contributed by atoms with Crippen LogP contribution in [0.1, 0.15) is 29.4 Å². The summed E-state index contributed by atoms with van der Waals surface area (Å²) in [5, 5.41) is 10.9. The van der Waals surface area contributed by atoms with Crippen LogP contribution in [0.2, 0.25) is 0 Å². The first-order chi connectivity index (χ1) is 11.7. The second-order valence-corrected chi connectivity index (χ2v) is 5.88. The van der Waals surface area contributed by atoms with E-state index in [9.17, 15) is 4.79 Å². The lowest BCUT2D eigenvalue weighted by molar-refractivity contribution is 0.0935. The van der Waals surface area contributed by atoms with Crippen LogP contribution < -0.4 is 10.1 Å². The Balaban J connectivity index is 1.57. The summed E-state index contributed by atoms with van der Waals surface area (Å²) in [5.74, 6) is 0.709. The number of fused-ring (bicyclic) bond motifs is 1. The predicted octanol–water partition coefficient (Wildman–Crippen LogP) is 3.32. The van der Waals surface area contributed by atoms with Crippen LogP contribution >= 0.6 is 0 Å². The van der Waals surface area contributed by atoms with Crippen molar-refractivity contribution in [2.45, 2.75) is 25.8 Å². The average molecular weight is 323 g/mol. The minimum atomic E-state index is -0.144. The molecule has 1 unspecified atom stereocenters. The van der Waals surface area contributed by atoms with Crippen molar-refractivity contribution in [3.8, 4) is 5.75 Å². The summed E-state index contributed by atoms with van der Waals surface area (Å²) in [4.78, 5) is 12.4. The molecule has 1 atom stereocenters. The third-order valence-electron chi connectivity index (χ3n) is 4.09. The maximum absolute atomic E-state index is 12.4. The number of hydrogen-bond acceptors (Lipinski definition) is 3. The van der Waals surface area contributed by atoms with Crippen LogP contribution in [-0.2, 0) is 6.42 Å². The lowest BCUT2D eigenvalue weighted by Gasteiger charge is -2.13. The maximum Gasteiger partial charge on any atom is 0.272 e. The number of methoxy groups -OCH3 is 1. The molecule has 3 rings (SSSR count). The molecule has 3 aromatic rings. The second-order valence-electron chi connectivity index (χ2n) is 5.88. The maximum atomic E-state index is 12.4. The molecule has 0 spiro atoms. The quantitative estimate of drug-likeness (QED) is 0.731. The normalized spacial score (nSPS) is 12.1. The van der Waals surface area contributed by atoms with Gasteiger partial charge in [0, 0.05) is 11.4 Å². The molecule has 0 bridgehead atoms. The molecule has 1 heterocycles. The van der Waals surface area contributed by atoms with Gasteiger partial charge in [0.25, 0.3) is 5.91 Å². The Morgan fingerprint density at radius 1 is 1.21 bits per heavy atom. The van der Waals surface area contributed by atoms with Crippen LogP contribution in [0.25, 0.3) is 10.9 Å². The van der Waals surface area contributed by atoms with E-state index in [1.54, 1.807) is 7.11 Å². The number of hydrogen-bond donors (Lipinski definition) is 2. The first-order valence-electron chi connectivity index (χ1n) is 8.04. The summed E-state index contributed by atoms with van der Waals surface area (Å²) < 4.78 is 5.16. The number of carbonyl (C=O) groups is 1. The topological polar surface area (TPSA) is 67.0 Å². The molecule has 0 saturated carbocycles. The summed E-state index contributed by atoms with van der Waals surface area (Å²) in [6, 6.07) is 15.7.